The summed E-state index contributed by atoms with van der Waals surface area (Å²) < 4.78 is 9.74. The minimum atomic E-state index is -1.22. The minimum absolute atomic E-state index is 0.0624. The Morgan fingerprint density at radius 2 is 2.08 bits per heavy atom. The summed E-state index contributed by atoms with van der Waals surface area (Å²) in [4.78, 5) is 10.1. The van der Waals surface area contributed by atoms with Crippen LogP contribution in [0.15, 0.2) is 12.2 Å². The third kappa shape index (κ3) is 5.88. The molecule has 0 fully saturated rings. The molecule has 0 atom stereocenters. The lowest BCUT2D eigenvalue weighted by Gasteiger charge is -2.06. The summed E-state index contributed by atoms with van der Waals surface area (Å²) in [5.74, 6) is -1.22. The zero-order valence-corrected chi connectivity index (χ0v) is 7.17. The summed E-state index contributed by atoms with van der Waals surface area (Å²) >= 11 is 0. The summed E-state index contributed by atoms with van der Waals surface area (Å²) in [7, 11) is 1.57. The first-order valence-electron chi connectivity index (χ1n) is 3.64. The second-order valence-electron chi connectivity index (χ2n) is 2.25. The first-order valence-corrected chi connectivity index (χ1v) is 3.64. The molecule has 0 amide bonds. The van der Waals surface area contributed by atoms with Gasteiger partial charge in [0.2, 0.25) is 0 Å². The fourth-order valence-electron chi connectivity index (χ4n) is 0.542. The van der Waals surface area contributed by atoms with Gasteiger partial charge in [0.1, 0.15) is 0 Å². The van der Waals surface area contributed by atoms with E-state index >= 15 is 0 Å². The van der Waals surface area contributed by atoms with Gasteiger partial charge in [-0.25, -0.2) is 0 Å². The van der Waals surface area contributed by atoms with Crippen molar-refractivity contribution in [2.75, 3.05) is 26.9 Å². The molecule has 0 aliphatic heterocycles. The number of rotatable bonds is 7. The fourth-order valence-corrected chi connectivity index (χ4v) is 0.542. The number of carboxylic acids is 1. The SMILES string of the molecule is C=C(CCOCCOC)C(=O)[O-]. The summed E-state index contributed by atoms with van der Waals surface area (Å²) in [6.07, 6.45) is 0.298. The highest BCUT2D eigenvalue weighted by Gasteiger charge is 1.94. The Labute approximate surface area is 71.8 Å². The predicted molar refractivity (Wildman–Crippen MR) is 41.5 cm³/mol. The summed E-state index contributed by atoms with van der Waals surface area (Å²) in [6, 6.07) is 0. The Balaban J connectivity index is 3.20. The van der Waals surface area contributed by atoms with E-state index in [1.54, 1.807) is 7.11 Å². The van der Waals surface area contributed by atoms with Gasteiger partial charge in [-0.15, -0.1) is 0 Å². The minimum Gasteiger partial charge on any atom is -0.545 e. The zero-order chi connectivity index (χ0) is 9.40. The molecule has 0 unspecified atom stereocenters. The molecule has 0 bridgehead atoms. The van der Waals surface area contributed by atoms with Gasteiger partial charge in [0.15, 0.2) is 0 Å². The molecular weight excluding hydrogens is 160 g/mol. The van der Waals surface area contributed by atoms with Crippen LogP contribution in [0, 0.1) is 0 Å². The first-order chi connectivity index (χ1) is 5.68. The number of methoxy groups -OCH3 is 1. The highest BCUT2D eigenvalue weighted by atomic mass is 16.5. The van der Waals surface area contributed by atoms with Gasteiger partial charge in [0.25, 0.3) is 0 Å². The second-order valence-corrected chi connectivity index (χ2v) is 2.25. The lowest BCUT2D eigenvalue weighted by molar-refractivity contribution is -0.299. The van der Waals surface area contributed by atoms with E-state index < -0.39 is 5.97 Å². The van der Waals surface area contributed by atoms with Crippen molar-refractivity contribution in [2.24, 2.45) is 0 Å². The van der Waals surface area contributed by atoms with Gasteiger partial charge >= 0.3 is 0 Å². The van der Waals surface area contributed by atoms with Crippen molar-refractivity contribution in [3.8, 4) is 0 Å². The third-order valence-corrected chi connectivity index (χ3v) is 1.27. The van der Waals surface area contributed by atoms with Crippen LogP contribution in [-0.4, -0.2) is 32.9 Å². The highest BCUT2D eigenvalue weighted by Crippen LogP contribution is 1.95. The van der Waals surface area contributed by atoms with Crippen molar-refractivity contribution in [3.63, 3.8) is 0 Å². The van der Waals surface area contributed by atoms with Crippen LogP contribution in [-0.2, 0) is 14.3 Å². The summed E-state index contributed by atoms with van der Waals surface area (Å²) in [5.41, 5.74) is 0.0624. The molecule has 0 aliphatic rings. The number of hydrogen-bond donors (Lipinski definition) is 0. The highest BCUT2D eigenvalue weighted by molar-refractivity contribution is 5.83. The van der Waals surface area contributed by atoms with Crippen molar-refractivity contribution in [1.29, 1.82) is 0 Å². The van der Waals surface area contributed by atoms with Gasteiger partial charge in [-0.2, -0.15) is 0 Å². The van der Waals surface area contributed by atoms with E-state index in [0.29, 0.717) is 26.2 Å². The number of carbonyl (C=O) groups is 1. The van der Waals surface area contributed by atoms with Crippen LogP contribution in [0.2, 0.25) is 0 Å². The normalized spacial score (nSPS) is 9.75. The Morgan fingerprint density at radius 1 is 1.42 bits per heavy atom. The maximum absolute atomic E-state index is 10.1. The van der Waals surface area contributed by atoms with Crippen molar-refractivity contribution in [2.45, 2.75) is 6.42 Å². The third-order valence-electron chi connectivity index (χ3n) is 1.27. The predicted octanol–water partition coefficient (Wildman–Crippen LogP) is -0.654. The van der Waals surface area contributed by atoms with Crippen LogP contribution < -0.4 is 5.11 Å². The van der Waals surface area contributed by atoms with Gasteiger partial charge in [-0.3, -0.25) is 0 Å². The number of hydrogen-bond acceptors (Lipinski definition) is 4. The molecule has 0 aliphatic carbocycles. The van der Waals surface area contributed by atoms with E-state index in [9.17, 15) is 9.90 Å². The molecule has 0 saturated carbocycles. The Morgan fingerprint density at radius 3 is 2.58 bits per heavy atom. The Hall–Kier alpha value is -0.870. The molecule has 4 heteroatoms. The summed E-state index contributed by atoms with van der Waals surface area (Å²) in [6.45, 7) is 4.62. The topological polar surface area (TPSA) is 58.6 Å². The number of carboxylic acid groups (broad SMARTS) is 1. The van der Waals surface area contributed by atoms with Crippen molar-refractivity contribution in [3.05, 3.63) is 12.2 Å². The Kier molecular flexibility index (Phi) is 6.32. The Bertz CT molecular complexity index is 153. The van der Waals surface area contributed by atoms with Crippen LogP contribution in [0.3, 0.4) is 0 Å². The van der Waals surface area contributed by atoms with E-state index in [2.05, 4.69) is 6.58 Å². The maximum Gasteiger partial charge on any atom is 0.0700 e. The van der Waals surface area contributed by atoms with Crippen LogP contribution >= 0.6 is 0 Å². The molecule has 0 radical (unpaired) electrons. The van der Waals surface area contributed by atoms with E-state index in [4.69, 9.17) is 9.47 Å². The van der Waals surface area contributed by atoms with Gasteiger partial charge in [0.05, 0.1) is 25.8 Å². The zero-order valence-electron chi connectivity index (χ0n) is 7.17. The van der Waals surface area contributed by atoms with Gasteiger partial charge in [-0.05, 0) is 12.0 Å². The molecule has 0 heterocycles. The molecule has 0 spiro atoms. The molecule has 0 aromatic rings. The van der Waals surface area contributed by atoms with E-state index in [1.165, 1.54) is 0 Å². The van der Waals surface area contributed by atoms with E-state index in [0.717, 1.165) is 0 Å². The molecule has 4 nitrogen and oxygen atoms in total. The maximum atomic E-state index is 10.1. The van der Waals surface area contributed by atoms with Crippen molar-refractivity contribution < 1.29 is 19.4 Å². The molecule has 0 N–H and O–H groups in total. The van der Waals surface area contributed by atoms with Gasteiger partial charge in [0, 0.05) is 7.11 Å². The van der Waals surface area contributed by atoms with Crippen LogP contribution in [0.25, 0.3) is 0 Å². The van der Waals surface area contributed by atoms with Crippen LogP contribution in [0.1, 0.15) is 6.42 Å². The molecule has 0 aromatic carbocycles. The van der Waals surface area contributed by atoms with E-state index in [-0.39, 0.29) is 5.57 Å². The molecule has 0 saturated heterocycles. The molecular formula is C8H13O4-. The second kappa shape index (κ2) is 6.82. The number of carbonyl (C=O) groups excluding carboxylic acids is 1. The number of ether oxygens (including phenoxy) is 2. The average molecular weight is 173 g/mol. The molecule has 0 rings (SSSR count). The monoisotopic (exact) mass is 173 g/mol. The fraction of sp³-hybridized carbons (Fsp3) is 0.625. The van der Waals surface area contributed by atoms with E-state index in [1.807, 2.05) is 0 Å². The van der Waals surface area contributed by atoms with Crippen LogP contribution in [0.4, 0.5) is 0 Å². The van der Waals surface area contributed by atoms with Gasteiger partial charge < -0.3 is 19.4 Å². The average Bonchev–Trinajstić information content (AvgIpc) is 2.03. The van der Waals surface area contributed by atoms with Crippen molar-refractivity contribution >= 4 is 5.97 Å². The largest absolute Gasteiger partial charge is 0.545 e. The lowest BCUT2D eigenvalue weighted by Crippen LogP contribution is -2.24. The van der Waals surface area contributed by atoms with Gasteiger partial charge in [-0.1, -0.05) is 6.58 Å². The molecule has 70 valence electrons. The van der Waals surface area contributed by atoms with Crippen LogP contribution in [0.5, 0.6) is 0 Å². The quantitative estimate of drug-likeness (QED) is 0.379. The smallest absolute Gasteiger partial charge is 0.0700 e. The first kappa shape index (κ1) is 11.1. The number of aliphatic carboxylic acids is 1. The molecule has 0 aromatic heterocycles. The van der Waals surface area contributed by atoms with Crippen molar-refractivity contribution in [1.82, 2.24) is 0 Å². The lowest BCUT2D eigenvalue weighted by atomic mass is 10.2. The molecule has 12 heavy (non-hydrogen) atoms. The standard InChI is InChI=1S/C8H14O4/c1-7(8(9)10)3-4-12-6-5-11-2/h1,3-6H2,2H3,(H,9,10)/p-1. The summed E-state index contributed by atoms with van der Waals surface area (Å²) in [5, 5.41) is 10.1.